The van der Waals surface area contributed by atoms with Crippen molar-refractivity contribution in [1.82, 2.24) is 25.4 Å². The third-order valence-electron chi connectivity index (χ3n) is 3.75. The maximum absolute atomic E-state index is 4.42. The van der Waals surface area contributed by atoms with Gasteiger partial charge in [0.2, 0.25) is 0 Å². The Hall–Kier alpha value is -3.15. The van der Waals surface area contributed by atoms with E-state index in [0.717, 1.165) is 30.3 Å². The molecule has 2 heterocycles. The normalized spacial score (nSPS) is 11.3. The SMILES string of the molecule is CN=C(NCCc1cnn(-c2ccccc2)c1)NCc1ccccn1. The zero-order chi connectivity index (χ0) is 17.3. The highest BCUT2D eigenvalue weighted by molar-refractivity contribution is 5.79. The van der Waals surface area contributed by atoms with Crippen LogP contribution in [0.25, 0.3) is 5.69 Å². The minimum absolute atomic E-state index is 0.645. The lowest BCUT2D eigenvalue weighted by molar-refractivity contribution is 0.783. The van der Waals surface area contributed by atoms with E-state index in [1.165, 1.54) is 5.56 Å². The summed E-state index contributed by atoms with van der Waals surface area (Å²) in [6.45, 7) is 1.43. The number of guanidine groups is 1. The maximum Gasteiger partial charge on any atom is 0.191 e. The van der Waals surface area contributed by atoms with Gasteiger partial charge in [-0.25, -0.2) is 4.68 Å². The predicted molar refractivity (Wildman–Crippen MR) is 99.7 cm³/mol. The second-order valence-electron chi connectivity index (χ2n) is 5.55. The summed E-state index contributed by atoms with van der Waals surface area (Å²) in [5.41, 5.74) is 3.22. The van der Waals surface area contributed by atoms with Crippen LogP contribution < -0.4 is 10.6 Å². The van der Waals surface area contributed by atoms with Crippen molar-refractivity contribution in [2.75, 3.05) is 13.6 Å². The molecule has 0 amide bonds. The summed E-state index contributed by atoms with van der Waals surface area (Å²) in [4.78, 5) is 8.52. The molecule has 0 fully saturated rings. The van der Waals surface area contributed by atoms with Crippen molar-refractivity contribution in [3.63, 3.8) is 0 Å². The van der Waals surface area contributed by atoms with Crippen molar-refractivity contribution in [3.05, 3.63) is 78.4 Å². The topological polar surface area (TPSA) is 67.1 Å². The number of pyridine rings is 1. The van der Waals surface area contributed by atoms with Gasteiger partial charge < -0.3 is 10.6 Å². The molecule has 0 aliphatic carbocycles. The Balaban J connectivity index is 1.46. The smallest absolute Gasteiger partial charge is 0.191 e. The fraction of sp³-hybridized carbons (Fsp3) is 0.211. The van der Waals surface area contributed by atoms with Crippen molar-refractivity contribution in [1.29, 1.82) is 0 Å². The van der Waals surface area contributed by atoms with Crippen molar-refractivity contribution in [2.24, 2.45) is 4.99 Å². The summed E-state index contributed by atoms with van der Waals surface area (Å²) in [7, 11) is 1.77. The average molecular weight is 334 g/mol. The Morgan fingerprint density at radius 2 is 1.92 bits per heavy atom. The highest BCUT2D eigenvalue weighted by Crippen LogP contribution is 2.07. The van der Waals surface area contributed by atoms with Gasteiger partial charge in [-0.2, -0.15) is 5.10 Å². The summed E-state index contributed by atoms with van der Waals surface area (Å²) in [6, 6.07) is 16.0. The molecule has 128 valence electrons. The third-order valence-corrected chi connectivity index (χ3v) is 3.75. The second kappa shape index (κ2) is 8.63. The molecule has 0 radical (unpaired) electrons. The van der Waals surface area contributed by atoms with Crippen molar-refractivity contribution < 1.29 is 0 Å². The van der Waals surface area contributed by atoms with Crippen LogP contribution in [0.2, 0.25) is 0 Å². The first-order chi connectivity index (χ1) is 12.3. The monoisotopic (exact) mass is 334 g/mol. The van der Waals surface area contributed by atoms with Crippen LogP contribution in [0.15, 0.2) is 72.1 Å². The third kappa shape index (κ3) is 4.91. The van der Waals surface area contributed by atoms with E-state index in [1.807, 2.05) is 59.4 Å². The van der Waals surface area contributed by atoms with E-state index >= 15 is 0 Å². The molecule has 2 N–H and O–H groups in total. The van der Waals surface area contributed by atoms with Gasteiger partial charge in [0.25, 0.3) is 0 Å². The quantitative estimate of drug-likeness (QED) is 0.536. The lowest BCUT2D eigenvalue weighted by Crippen LogP contribution is -2.38. The number of hydrogen-bond acceptors (Lipinski definition) is 3. The van der Waals surface area contributed by atoms with Crippen LogP contribution >= 0.6 is 0 Å². The molecule has 6 nitrogen and oxygen atoms in total. The van der Waals surface area contributed by atoms with E-state index in [0.29, 0.717) is 6.54 Å². The first-order valence-electron chi connectivity index (χ1n) is 8.28. The van der Waals surface area contributed by atoms with Gasteiger partial charge in [-0.1, -0.05) is 24.3 Å². The van der Waals surface area contributed by atoms with Gasteiger partial charge in [-0.15, -0.1) is 0 Å². The number of aromatic nitrogens is 3. The van der Waals surface area contributed by atoms with Crippen molar-refractivity contribution in [3.8, 4) is 5.69 Å². The fourth-order valence-electron chi connectivity index (χ4n) is 2.43. The lowest BCUT2D eigenvalue weighted by atomic mass is 10.2. The minimum atomic E-state index is 0.645. The Kier molecular flexibility index (Phi) is 5.77. The Morgan fingerprint density at radius 3 is 2.68 bits per heavy atom. The summed E-state index contributed by atoms with van der Waals surface area (Å²) in [5, 5.41) is 11.0. The van der Waals surface area contributed by atoms with Crippen LogP contribution in [-0.4, -0.2) is 34.3 Å². The first-order valence-corrected chi connectivity index (χ1v) is 8.28. The number of rotatable bonds is 6. The van der Waals surface area contributed by atoms with Crippen molar-refractivity contribution >= 4 is 5.96 Å². The van der Waals surface area contributed by atoms with Crippen LogP contribution in [0, 0.1) is 0 Å². The number of nitrogens with one attached hydrogen (secondary N) is 2. The van der Waals surface area contributed by atoms with Gasteiger partial charge in [0, 0.05) is 26.0 Å². The minimum Gasteiger partial charge on any atom is -0.356 e. The zero-order valence-electron chi connectivity index (χ0n) is 14.3. The molecule has 3 rings (SSSR count). The highest BCUT2D eigenvalue weighted by atomic mass is 15.3. The molecule has 3 aromatic rings. The summed E-state index contributed by atoms with van der Waals surface area (Å²) in [6.07, 6.45) is 6.62. The molecule has 25 heavy (non-hydrogen) atoms. The summed E-state index contributed by atoms with van der Waals surface area (Å²) in [5.74, 6) is 0.765. The van der Waals surface area contributed by atoms with Gasteiger partial charge in [-0.3, -0.25) is 9.98 Å². The zero-order valence-corrected chi connectivity index (χ0v) is 14.3. The highest BCUT2D eigenvalue weighted by Gasteiger charge is 2.02. The molecular formula is C19H22N6. The molecule has 0 unspecified atom stereocenters. The van der Waals surface area contributed by atoms with Crippen LogP contribution in [0.3, 0.4) is 0 Å². The molecule has 1 aromatic carbocycles. The number of para-hydroxylation sites is 1. The maximum atomic E-state index is 4.42. The predicted octanol–water partition coefficient (Wildman–Crippen LogP) is 2.17. The molecule has 2 aromatic heterocycles. The van der Waals surface area contributed by atoms with E-state index < -0.39 is 0 Å². The Labute approximate surface area is 147 Å². The van der Waals surface area contributed by atoms with Crippen LogP contribution in [0.5, 0.6) is 0 Å². The lowest BCUT2D eigenvalue weighted by Gasteiger charge is -2.11. The Bertz CT molecular complexity index is 795. The van der Waals surface area contributed by atoms with Crippen LogP contribution in [0.4, 0.5) is 0 Å². The van der Waals surface area contributed by atoms with Gasteiger partial charge in [0.05, 0.1) is 24.1 Å². The molecular weight excluding hydrogens is 312 g/mol. The van der Waals surface area contributed by atoms with Gasteiger partial charge >= 0.3 is 0 Å². The largest absolute Gasteiger partial charge is 0.356 e. The molecule has 0 bridgehead atoms. The molecule has 0 spiro atoms. The molecule has 0 aliphatic heterocycles. The fourth-order valence-corrected chi connectivity index (χ4v) is 2.43. The number of hydrogen-bond donors (Lipinski definition) is 2. The first kappa shape index (κ1) is 16.7. The molecule has 0 saturated carbocycles. The summed E-state index contributed by atoms with van der Waals surface area (Å²) < 4.78 is 1.89. The van der Waals surface area contributed by atoms with E-state index in [4.69, 9.17) is 0 Å². The standard InChI is InChI=1S/C19H22N6/c1-20-19(23-14-17-7-5-6-11-21-17)22-12-10-16-13-24-25(15-16)18-8-3-2-4-9-18/h2-9,11,13,15H,10,12,14H2,1H3,(H2,20,22,23). The number of aliphatic imine (C=N–C) groups is 1. The average Bonchev–Trinajstić information content (AvgIpc) is 3.15. The Morgan fingerprint density at radius 1 is 1.08 bits per heavy atom. The molecule has 0 saturated heterocycles. The molecule has 0 aliphatic rings. The van der Waals surface area contributed by atoms with Gasteiger partial charge in [0.1, 0.15) is 0 Å². The van der Waals surface area contributed by atoms with Crippen LogP contribution in [-0.2, 0) is 13.0 Å². The molecule has 6 heteroatoms. The number of nitrogens with zero attached hydrogens (tertiary/aromatic N) is 4. The van der Waals surface area contributed by atoms with Gasteiger partial charge in [0.15, 0.2) is 5.96 Å². The van der Waals surface area contributed by atoms with Gasteiger partial charge in [-0.05, 0) is 36.2 Å². The molecule has 0 atom stereocenters. The summed E-state index contributed by atoms with van der Waals surface area (Å²) >= 11 is 0. The second-order valence-corrected chi connectivity index (χ2v) is 5.55. The van der Waals surface area contributed by atoms with Crippen LogP contribution in [0.1, 0.15) is 11.3 Å². The van der Waals surface area contributed by atoms with Crippen molar-refractivity contribution in [2.45, 2.75) is 13.0 Å². The van der Waals surface area contributed by atoms with E-state index in [9.17, 15) is 0 Å². The van der Waals surface area contributed by atoms with E-state index in [1.54, 1.807) is 13.2 Å². The van der Waals surface area contributed by atoms with E-state index in [2.05, 4.69) is 31.9 Å². The number of benzene rings is 1. The van der Waals surface area contributed by atoms with E-state index in [-0.39, 0.29) is 0 Å².